The van der Waals surface area contributed by atoms with Crippen molar-refractivity contribution in [2.24, 2.45) is 9.98 Å². The molecule has 8 heteroatoms. The molecular formula is C31H41N7O. The van der Waals surface area contributed by atoms with Gasteiger partial charge in [0, 0.05) is 49.4 Å². The zero-order valence-corrected chi connectivity index (χ0v) is 23.9. The van der Waals surface area contributed by atoms with Gasteiger partial charge in [0.15, 0.2) is 0 Å². The number of anilines is 2. The number of ether oxygens (including phenoxy) is 1. The van der Waals surface area contributed by atoms with Gasteiger partial charge in [0.2, 0.25) is 0 Å². The fourth-order valence-electron chi connectivity index (χ4n) is 5.67. The summed E-state index contributed by atoms with van der Waals surface area (Å²) in [5.41, 5.74) is 4.82. The molecule has 1 fully saturated rings. The molecule has 3 heterocycles. The number of aromatic nitrogens is 2. The number of hydrogen-bond donors (Lipinski definition) is 0. The Morgan fingerprint density at radius 3 is 2.72 bits per heavy atom. The van der Waals surface area contributed by atoms with Crippen LogP contribution in [0.1, 0.15) is 43.0 Å². The first-order valence-electron chi connectivity index (χ1n) is 14.3. The van der Waals surface area contributed by atoms with Crippen LogP contribution in [0.3, 0.4) is 0 Å². The van der Waals surface area contributed by atoms with Crippen LogP contribution >= 0.6 is 0 Å². The summed E-state index contributed by atoms with van der Waals surface area (Å²) in [6.45, 7) is 9.79. The Bertz CT molecular complexity index is 1350. The lowest BCUT2D eigenvalue weighted by molar-refractivity contribution is 0.187. The highest BCUT2D eigenvalue weighted by Gasteiger charge is 2.27. The Balaban J connectivity index is 1.42. The second kappa shape index (κ2) is 12.6. The molecule has 0 saturated carbocycles. The van der Waals surface area contributed by atoms with Crippen LogP contribution in [-0.4, -0.2) is 80.3 Å². The number of likely N-dealkylation sites (tertiary alicyclic amines) is 1. The predicted molar refractivity (Wildman–Crippen MR) is 160 cm³/mol. The normalized spacial score (nSPS) is 17.1. The molecular weight excluding hydrogens is 486 g/mol. The van der Waals surface area contributed by atoms with E-state index in [1.165, 1.54) is 34.0 Å². The molecule has 2 aliphatic heterocycles. The third-order valence-electron chi connectivity index (χ3n) is 7.92. The van der Waals surface area contributed by atoms with Crippen LogP contribution < -0.4 is 14.5 Å². The van der Waals surface area contributed by atoms with Gasteiger partial charge in [-0.05, 0) is 63.2 Å². The molecule has 39 heavy (non-hydrogen) atoms. The van der Waals surface area contributed by atoms with Gasteiger partial charge in [0.25, 0.3) is 0 Å². The van der Waals surface area contributed by atoms with Crippen molar-refractivity contribution in [3.05, 3.63) is 53.2 Å². The van der Waals surface area contributed by atoms with E-state index in [4.69, 9.17) is 14.7 Å². The standard InChI is InChI=1S/C31H41N7O/c1-5-15-32-22-33-16-19-37(4)30-26-14-18-38(28-13-7-11-24-10-6-9-23(2)29(24)28)20-27(26)34-31(35-30)39-21-25-12-8-17-36(25)3/h6-7,9-11,13,25H,5,8,12,14-21H2,1-4H3. The van der Waals surface area contributed by atoms with Gasteiger partial charge in [-0.15, -0.1) is 0 Å². The average Bonchev–Trinajstić information content (AvgIpc) is 3.37. The van der Waals surface area contributed by atoms with Crippen molar-refractivity contribution in [1.29, 1.82) is 0 Å². The number of rotatable bonds is 10. The maximum Gasteiger partial charge on any atom is 0.318 e. The van der Waals surface area contributed by atoms with Crippen LogP contribution in [0.15, 0.2) is 46.4 Å². The smallest absolute Gasteiger partial charge is 0.318 e. The van der Waals surface area contributed by atoms with Gasteiger partial charge >= 0.3 is 6.01 Å². The summed E-state index contributed by atoms with van der Waals surface area (Å²) in [6, 6.07) is 16.8. The molecule has 3 aromatic rings. The average molecular weight is 528 g/mol. The number of aryl methyl sites for hydroxylation is 1. The molecule has 1 aromatic heterocycles. The van der Waals surface area contributed by atoms with Gasteiger partial charge in [-0.25, -0.2) is 9.98 Å². The minimum atomic E-state index is 0.415. The third kappa shape index (κ3) is 6.23. The Morgan fingerprint density at radius 2 is 1.92 bits per heavy atom. The molecule has 1 unspecified atom stereocenters. The summed E-state index contributed by atoms with van der Waals surface area (Å²) in [6.07, 6.45) is 4.25. The fourth-order valence-corrected chi connectivity index (χ4v) is 5.67. The molecule has 0 aliphatic carbocycles. The molecule has 206 valence electrons. The van der Waals surface area contributed by atoms with Gasteiger partial charge in [-0.3, -0.25) is 0 Å². The molecule has 1 saturated heterocycles. The zero-order chi connectivity index (χ0) is 27.2. The molecule has 8 nitrogen and oxygen atoms in total. The highest BCUT2D eigenvalue weighted by molar-refractivity contribution is 5.97. The Labute approximate surface area is 232 Å². The van der Waals surface area contributed by atoms with E-state index in [1.54, 1.807) is 0 Å². The van der Waals surface area contributed by atoms with Crippen LogP contribution in [0, 0.1) is 6.92 Å². The first-order valence-corrected chi connectivity index (χ1v) is 14.3. The van der Waals surface area contributed by atoms with Gasteiger partial charge in [0.1, 0.15) is 12.4 Å². The topological polar surface area (TPSA) is 69.5 Å². The fraction of sp³-hybridized carbons (Fsp3) is 0.516. The molecule has 2 aliphatic rings. The minimum Gasteiger partial charge on any atom is -0.462 e. The maximum atomic E-state index is 6.26. The zero-order valence-electron chi connectivity index (χ0n) is 23.9. The summed E-state index contributed by atoms with van der Waals surface area (Å²) in [5.74, 6) is 0.948. The van der Waals surface area contributed by atoms with Crippen molar-refractivity contribution in [3.8, 4) is 6.01 Å². The quantitative estimate of drug-likeness (QED) is 0.346. The number of nitrogens with zero attached hydrogens (tertiary/aromatic N) is 7. The second-order valence-electron chi connectivity index (χ2n) is 10.7. The molecule has 2 aromatic carbocycles. The number of likely N-dealkylation sites (N-methyl/N-ethyl adjacent to an activating group) is 2. The van der Waals surface area contributed by atoms with Crippen molar-refractivity contribution in [1.82, 2.24) is 14.9 Å². The first kappa shape index (κ1) is 27.1. The molecule has 0 spiro atoms. The number of benzene rings is 2. The molecule has 0 radical (unpaired) electrons. The highest BCUT2D eigenvalue weighted by Crippen LogP contribution is 2.35. The summed E-state index contributed by atoms with van der Waals surface area (Å²) >= 11 is 0. The molecule has 0 bridgehead atoms. The van der Waals surface area contributed by atoms with Crippen LogP contribution in [0.5, 0.6) is 6.01 Å². The summed E-state index contributed by atoms with van der Waals surface area (Å²) in [4.78, 5) is 25.4. The SMILES string of the molecule is CCCN=C=NCCN(C)c1nc(OCC2CCCN2C)nc2c1CCN(c1cccc3cccc(C)c13)C2. The van der Waals surface area contributed by atoms with E-state index in [1.807, 2.05) is 0 Å². The highest BCUT2D eigenvalue weighted by atomic mass is 16.5. The van der Waals surface area contributed by atoms with E-state index >= 15 is 0 Å². The lowest BCUT2D eigenvalue weighted by Gasteiger charge is -2.33. The van der Waals surface area contributed by atoms with Crippen molar-refractivity contribution in [3.63, 3.8) is 0 Å². The van der Waals surface area contributed by atoms with Gasteiger partial charge in [-0.1, -0.05) is 37.3 Å². The molecule has 1 atom stereocenters. The van der Waals surface area contributed by atoms with Crippen LogP contribution in [0.2, 0.25) is 0 Å². The van der Waals surface area contributed by atoms with Gasteiger partial charge in [0.05, 0.1) is 24.8 Å². The molecule has 0 amide bonds. The summed E-state index contributed by atoms with van der Waals surface area (Å²) < 4.78 is 6.26. The van der Waals surface area contributed by atoms with Crippen molar-refractivity contribution >= 4 is 28.3 Å². The van der Waals surface area contributed by atoms with Gasteiger partial charge < -0.3 is 19.4 Å². The first-order chi connectivity index (χ1) is 19.0. The molecule has 5 rings (SSSR count). The largest absolute Gasteiger partial charge is 0.462 e. The number of aliphatic imine (C=N–C) groups is 2. The second-order valence-corrected chi connectivity index (χ2v) is 10.7. The van der Waals surface area contributed by atoms with E-state index in [2.05, 4.69) is 95.0 Å². The maximum absolute atomic E-state index is 6.26. The number of hydrogen-bond acceptors (Lipinski definition) is 8. The lowest BCUT2D eigenvalue weighted by Crippen LogP contribution is -2.35. The molecule has 0 N–H and O–H groups in total. The van der Waals surface area contributed by atoms with Crippen molar-refractivity contribution < 1.29 is 4.74 Å². The Kier molecular flexibility index (Phi) is 8.74. The van der Waals surface area contributed by atoms with Crippen LogP contribution in [0.4, 0.5) is 11.5 Å². The summed E-state index contributed by atoms with van der Waals surface area (Å²) in [5, 5.41) is 2.59. The van der Waals surface area contributed by atoms with E-state index < -0.39 is 0 Å². The Hall–Kier alpha value is -3.48. The van der Waals surface area contributed by atoms with Crippen LogP contribution in [0.25, 0.3) is 10.8 Å². The van der Waals surface area contributed by atoms with Crippen molar-refractivity contribution in [2.75, 3.05) is 63.2 Å². The van der Waals surface area contributed by atoms with E-state index in [-0.39, 0.29) is 0 Å². The van der Waals surface area contributed by atoms with Crippen LogP contribution in [-0.2, 0) is 13.0 Å². The van der Waals surface area contributed by atoms with Crippen molar-refractivity contribution in [2.45, 2.75) is 52.1 Å². The lowest BCUT2D eigenvalue weighted by atomic mass is 10.00. The monoisotopic (exact) mass is 527 g/mol. The van der Waals surface area contributed by atoms with E-state index in [0.29, 0.717) is 25.2 Å². The van der Waals surface area contributed by atoms with E-state index in [0.717, 1.165) is 63.5 Å². The van der Waals surface area contributed by atoms with Gasteiger partial charge in [-0.2, -0.15) is 9.97 Å². The predicted octanol–water partition coefficient (Wildman–Crippen LogP) is 4.99. The Morgan fingerprint density at radius 1 is 1.10 bits per heavy atom. The summed E-state index contributed by atoms with van der Waals surface area (Å²) in [7, 11) is 4.25. The third-order valence-corrected chi connectivity index (χ3v) is 7.92. The number of fused-ring (bicyclic) bond motifs is 2. The minimum absolute atomic E-state index is 0.415. The van der Waals surface area contributed by atoms with E-state index in [9.17, 15) is 0 Å².